The molecule has 2 aromatic carbocycles. The molecule has 0 unspecified atom stereocenters. The van der Waals surface area contributed by atoms with Crippen LogP contribution in [0.25, 0.3) is 22.0 Å². The fourth-order valence-corrected chi connectivity index (χ4v) is 5.53. The number of rotatable bonds is 7. The Morgan fingerprint density at radius 2 is 1.86 bits per heavy atom. The van der Waals surface area contributed by atoms with E-state index >= 15 is 0 Å². The number of hydrogen-bond acceptors (Lipinski definition) is 4. The van der Waals surface area contributed by atoms with E-state index in [0.717, 1.165) is 58.6 Å². The van der Waals surface area contributed by atoms with Gasteiger partial charge in [0.25, 0.3) is 0 Å². The second-order valence-corrected chi connectivity index (χ2v) is 11.6. The Morgan fingerprint density at radius 1 is 1.17 bits per heavy atom. The summed E-state index contributed by atoms with van der Waals surface area (Å²) < 4.78 is 8.88. The minimum absolute atomic E-state index is 0.0347. The summed E-state index contributed by atoms with van der Waals surface area (Å²) in [6.45, 7) is 17.5. The summed E-state index contributed by atoms with van der Waals surface area (Å²) >= 11 is 0. The van der Waals surface area contributed by atoms with E-state index < -0.39 is 5.97 Å². The second kappa shape index (κ2) is 9.47. The fraction of sp³-hybridized carbons (Fsp3) is 0.500. The number of carboxylic acid groups (broad SMARTS) is 1. The minimum Gasteiger partial charge on any atom is -0.487 e. The van der Waals surface area contributed by atoms with Gasteiger partial charge in [0.2, 0.25) is 0 Å². The maximum absolute atomic E-state index is 12.2. The molecule has 6 heteroatoms. The summed E-state index contributed by atoms with van der Waals surface area (Å²) in [6, 6.07) is 8.81. The number of aromatic nitrogens is 1. The van der Waals surface area contributed by atoms with Gasteiger partial charge < -0.3 is 24.2 Å². The topological polar surface area (TPSA) is 57.9 Å². The molecule has 3 aromatic rings. The molecule has 6 nitrogen and oxygen atoms in total. The van der Waals surface area contributed by atoms with Gasteiger partial charge in [-0.1, -0.05) is 12.1 Å². The lowest BCUT2D eigenvalue weighted by Crippen LogP contribution is -2.43. The van der Waals surface area contributed by atoms with Gasteiger partial charge >= 0.3 is 5.97 Å². The van der Waals surface area contributed by atoms with E-state index in [1.54, 1.807) is 0 Å². The average Bonchev–Trinajstić information content (AvgIpc) is 3.06. The Hall–Kier alpha value is -2.99. The molecule has 0 aliphatic carbocycles. The first-order valence-corrected chi connectivity index (χ1v) is 12.9. The highest BCUT2D eigenvalue weighted by Gasteiger charge is 2.32. The standard InChI is InChI=1S/C30H41N3O3/c1-18-10-11-22(25(14-18)36-30(5,6)7)27-23(16-26(34)35)21(4)28-29-24(27)15-19(2)33(29)17-20(3)32(28)13-12-31(8)9/h10-11,14-15,20H,12-13,16-17H2,1-9H3,(H,34,35)/t20-/m1/s1. The van der Waals surface area contributed by atoms with Crippen molar-refractivity contribution in [2.45, 2.75) is 73.1 Å². The number of ether oxygens (including phenoxy) is 1. The largest absolute Gasteiger partial charge is 0.487 e. The third kappa shape index (κ3) is 4.83. The Bertz CT molecular complexity index is 1310. The number of likely N-dealkylation sites (N-methyl/N-ethyl adjacent to an activating group) is 1. The first-order chi connectivity index (χ1) is 16.8. The molecule has 2 heterocycles. The number of carboxylic acids is 1. The zero-order valence-electron chi connectivity index (χ0n) is 23.3. The Balaban J connectivity index is 2.09. The number of anilines is 1. The molecule has 0 saturated heterocycles. The highest BCUT2D eigenvalue weighted by Crippen LogP contribution is 2.48. The van der Waals surface area contributed by atoms with Gasteiger partial charge in [-0.3, -0.25) is 4.79 Å². The number of hydrogen-bond donors (Lipinski definition) is 1. The van der Waals surface area contributed by atoms with Crippen LogP contribution < -0.4 is 9.64 Å². The molecule has 194 valence electrons. The van der Waals surface area contributed by atoms with Gasteiger partial charge in [-0.05, 0) is 96.9 Å². The maximum atomic E-state index is 12.2. The molecular formula is C30H41N3O3. The van der Waals surface area contributed by atoms with Crippen LogP contribution >= 0.6 is 0 Å². The van der Waals surface area contributed by atoms with Crippen molar-refractivity contribution < 1.29 is 14.6 Å². The molecule has 0 radical (unpaired) electrons. The van der Waals surface area contributed by atoms with Crippen molar-refractivity contribution in [2.75, 3.05) is 32.1 Å². The van der Waals surface area contributed by atoms with Crippen molar-refractivity contribution in [3.63, 3.8) is 0 Å². The Kier molecular flexibility index (Phi) is 6.86. The molecule has 1 aromatic heterocycles. The number of aliphatic carboxylic acids is 1. The third-order valence-electron chi connectivity index (χ3n) is 7.11. The van der Waals surface area contributed by atoms with Crippen molar-refractivity contribution in [2.24, 2.45) is 0 Å². The predicted molar refractivity (Wildman–Crippen MR) is 149 cm³/mol. The molecular weight excluding hydrogens is 450 g/mol. The molecule has 0 amide bonds. The monoisotopic (exact) mass is 491 g/mol. The zero-order valence-corrected chi connectivity index (χ0v) is 23.3. The molecule has 4 rings (SSSR count). The molecule has 1 N–H and O–H groups in total. The van der Waals surface area contributed by atoms with Crippen LogP contribution in [0.4, 0.5) is 5.69 Å². The predicted octanol–water partition coefficient (Wildman–Crippen LogP) is 5.81. The van der Waals surface area contributed by atoms with E-state index in [1.807, 2.05) is 20.8 Å². The Labute approximate surface area is 215 Å². The van der Waals surface area contributed by atoms with Gasteiger partial charge in [0.05, 0.1) is 17.6 Å². The van der Waals surface area contributed by atoms with Gasteiger partial charge in [-0.15, -0.1) is 0 Å². The summed E-state index contributed by atoms with van der Waals surface area (Å²) in [5.41, 5.74) is 8.16. The number of aryl methyl sites for hydroxylation is 2. The van der Waals surface area contributed by atoms with Crippen LogP contribution in [0.2, 0.25) is 0 Å². The van der Waals surface area contributed by atoms with Crippen LogP contribution in [0.15, 0.2) is 24.3 Å². The van der Waals surface area contributed by atoms with Gasteiger partial charge in [0.1, 0.15) is 11.4 Å². The van der Waals surface area contributed by atoms with Crippen molar-refractivity contribution in [3.8, 4) is 16.9 Å². The lowest BCUT2D eigenvalue weighted by Gasteiger charge is -2.40. The highest BCUT2D eigenvalue weighted by atomic mass is 16.5. The number of carbonyl (C=O) groups is 1. The summed E-state index contributed by atoms with van der Waals surface area (Å²) in [7, 11) is 4.19. The second-order valence-electron chi connectivity index (χ2n) is 11.6. The lowest BCUT2D eigenvalue weighted by atomic mass is 9.87. The van der Waals surface area contributed by atoms with Gasteiger partial charge in [-0.25, -0.2) is 0 Å². The quantitative estimate of drug-likeness (QED) is 0.452. The van der Waals surface area contributed by atoms with Crippen molar-refractivity contribution in [3.05, 3.63) is 46.6 Å². The van der Waals surface area contributed by atoms with E-state index in [9.17, 15) is 9.90 Å². The molecule has 0 spiro atoms. The molecule has 0 saturated carbocycles. The summed E-state index contributed by atoms with van der Waals surface area (Å²) in [4.78, 5) is 16.9. The molecule has 0 fully saturated rings. The van der Waals surface area contributed by atoms with E-state index in [0.29, 0.717) is 6.04 Å². The van der Waals surface area contributed by atoms with Crippen molar-refractivity contribution in [1.82, 2.24) is 9.47 Å². The van der Waals surface area contributed by atoms with Gasteiger partial charge in [0.15, 0.2) is 0 Å². The number of nitrogens with zero attached hydrogens (tertiary/aromatic N) is 3. The van der Waals surface area contributed by atoms with Crippen LogP contribution in [0.1, 0.15) is 50.1 Å². The van der Waals surface area contributed by atoms with Gasteiger partial charge in [-0.2, -0.15) is 0 Å². The third-order valence-corrected chi connectivity index (χ3v) is 7.11. The van der Waals surface area contributed by atoms with Crippen LogP contribution in [0.5, 0.6) is 5.75 Å². The first kappa shape index (κ1) is 26.1. The Morgan fingerprint density at radius 3 is 2.47 bits per heavy atom. The van der Waals surface area contributed by atoms with Gasteiger partial charge in [0, 0.05) is 42.3 Å². The molecule has 1 aliphatic heterocycles. The summed E-state index contributed by atoms with van der Waals surface area (Å²) in [5.74, 6) is -0.0287. The smallest absolute Gasteiger partial charge is 0.307 e. The van der Waals surface area contributed by atoms with Crippen molar-refractivity contribution in [1.29, 1.82) is 0 Å². The van der Waals surface area contributed by atoms with E-state index in [1.165, 1.54) is 16.9 Å². The normalized spacial score (nSPS) is 15.7. The average molecular weight is 492 g/mol. The van der Waals surface area contributed by atoms with E-state index in [-0.39, 0.29) is 12.0 Å². The minimum atomic E-state index is -0.823. The maximum Gasteiger partial charge on any atom is 0.307 e. The van der Waals surface area contributed by atoms with Crippen LogP contribution in [-0.2, 0) is 17.8 Å². The molecule has 1 atom stereocenters. The van der Waals surface area contributed by atoms with Crippen LogP contribution in [-0.4, -0.2) is 59.4 Å². The summed E-state index contributed by atoms with van der Waals surface area (Å²) in [6.07, 6.45) is -0.0347. The zero-order chi connectivity index (χ0) is 26.5. The molecule has 36 heavy (non-hydrogen) atoms. The fourth-order valence-electron chi connectivity index (χ4n) is 5.53. The molecule has 0 bridgehead atoms. The lowest BCUT2D eigenvalue weighted by molar-refractivity contribution is -0.136. The first-order valence-electron chi connectivity index (χ1n) is 12.9. The van der Waals surface area contributed by atoms with Crippen molar-refractivity contribution >= 4 is 22.6 Å². The number of benzene rings is 2. The summed E-state index contributed by atoms with van der Waals surface area (Å²) in [5, 5.41) is 11.1. The van der Waals surface area contributed by atoms with Crippen LogP contribution in [0, 0.1) is 20.8 Å². The molecule has 1 aliphatic rings. The van der Waals surface area contributed by atoms with E-state index in [4.69, 9.17) is 4.74 Å². The van der Waals surface area contributed by atoms with Crippen LogP contribution in [0.3, 0.4) is 0 Å². The SMILES string of the molecule is Cc1ccc(-c2c(CC(=O)O)c(C)c3c4c2cc(C)n4C[C@@H](C)N3CCN(C)C)c(OC(C)(C)C)c1. The highest BCUT2D eigenvalue weighted by molar-refractivity contribution is 6.08. The van der Waals surface area contributed by atoms with E-state index in [2.05, 4.69) is 80.4 Å².